The fourth-order valence-electron chi connectivity index (χ4n) is 2.62. The predicted molar refractivity (Wildman–Crippen MR) is 84.6 cm³/mol. The smallest absolute Gasteiger partial charge is 0.658 e. The standard InChI is InChI=1S/C18H23O3.CO2.2Na/c1-13(2)11-15(18(19)20)12-14-7-9-17(10-8-14)21-16-5-3-4-6-16;2-1-3;;/h7-10,13,16H,3-6,12H2,1-2H3,(H,19,20);;;/q-1;;2*+1/p-1. The second-order valence-corrected chi connectivity index (χ2v) is 5.99. The molecule has 2 rings (SSSR count). The van der Waals surface area contributed by atoms with Crippen LogP contribution < -0.4 is 69.0 Å². The van der Waals surface area contributed by atoms with Gasteiger partial charge in [-0.1, -0.05) is 26.0 Å². The summed E-state index contributed by atoms with van der Waals surface area (Å²) in [7, 11) is 0. The average molecular weight is 376 g/mol. The van der Waals surface area contributed by atoms with Gasteiger partial charge in [0.05, 0.1) is 6.10 Å². The summed E-state index contributed by atoms with van der Waals surface area (Å²) in [6.45, 7) is 3.81. The zero-order valence-electron chi connectivity index (χ0n) is 16.0. The molecule has 0 aliphatic heterocycles. The van der Waals surface area contributed by atoms with E-state index >= 15 is 0 Å². The molecule has 1 aliphatic rings. The van der Waals surface area contributed by atoms with Gasteiger partial charge in [-0.2, -0.15) is 15.2 Å². The number of allylic oxidation sites excluding steroid dienone is 1. The van der Waals surface area contributed by atoms with Crippen molar-refractivity contribution < 1.29 is 83.3 Å². The summed E-state index contributed by atoms with van der Waals surface area (Å²) in [6.07, 6.45) is 8.59. The molecule has 0 aromatic heterocycles. The average Bonchev–Trinajstić information content (AvgIpc) is 3.02. The first-order valence-electron chi connectivity index (χ1n) is 8.04. The van der Waals surface area contributed by atoms with Crippen LogP contribution in [0.15, 0.2) is 29.8 Å². The third-order valence-corrected chi connectivity index (χ3v) is 3.62. The van der Waals surface area contributed by atoms with Crippen molar-refractivity contribution in [1.29, 1.82) is 0 Å². The van der Waals surface area contributed by atoms with Crippen molar-refractivity contribution in [2.45, 2.75) is 52.1 Å². The van der Waals surface area contributed by atoms with E-state index in [-0.39, 0.29) is 76.8 Å². The van der Waals surface area contributed by atoms with Crippen LogP contribution in [0.4, 0.5) is 0 Å². The SMILES string of the molecule is CC(C)[C-]=C(Cc1ccc(OC2CCCC2)cc1)C(=O)[O-].O=C=O.[Na+].[Na+]. The summed E-state index contributed by atoms with van der Waals surface area (Å²) in [5.41, 5.74) is 1.15. The normalized spacial score (nSPS) is 13.6. The minimum Gasteiger partial charge on any atom is -0.658 e. The van der Waals surface area contributed by atoms with Crippen LogP contribution in [0, 0.1) is 12.0 Å². The Balaban J connectivity index is 0. The maximum Gasteiger partial charge on any atom is 1.00 e. The molecule has 0 atom stereocenters. The van der Waals surface area contributed by atoms with Crippen LogP contribution >= 0.6 is 0 Å². The van der Waals surface area contributed by atoms with Gasteiger partial charge in [-0.15, -0.1) is 11.9 Å². The van der Waals surface area contributed by atoms with Gasteiger partial charge < -0.3 is 14.6 Å². The van der Waals surface area contributed by atoms with Crippen molar-refractivity contribution in [3.05, 3.63) is 41.5 Å². The molecule has 0 heterocycles. The van der Waals surface area contributed by atoms with Gasteiger partial charge in [-0.3, -0.25) is 6.08 Å². The van der Waals surface area contributed by atoms with E-state index in [0.29, 0.717) is 12.5 Å². The summed E-state index contributed by atoms with van der Waals surface area (Å²) >= 11 is 0. The number of carboxylic acid groups (broad SMARTS) is 1. The number of aliphatic carboxylic acids is 1. The summed E-state index contributed by atoms with van der Waals surface area (Å²) in [4.78, 5) is 27.4. The van der Waals surface area contributed by atoms with E-state index in [2.05, 4.69) is 6.08 Å². The Morgan fingerprint density at radius 3 is 2.12 bits per heavy atom. The molecule has 0 bridgehead atoms. The quantitative estimate of drug-likeness (QED) is 0.288. The van der Waals surface area contributed by atoms with Crippen LogP contribution in [0.5, 0.6) is 5.75 Å². The number of carbonyl (C=O) groups excluding carboxylic acids is 3. The Morgan fingerprint density at radius 1 is 1.19 bits per heavy atom. The Hall–Kier alpha value is -0.390. The minimum atomic E-state index is -1.14. The van der Waals surface area contributed by atoms with Crippen LogP contribution in [-0.2, 0) is 20.8 Å². The summed E-state index contributed by atoms with van der Waals surface area (Å²) in [6, 6.07) is 7.65. The number of carboxylic acids is 1. The van der Waals surface area contributed by atoms with Gasteiger partial charge in [-0.25, -0.2) is 0 Å². The number of ether oxygens (including phenoxy) is 1. The van der Waals surface area contributed by atoms with Crippen molar-refractivity contribution >= 4 is 12.1 Å². The van der Waals surface area contributed by atoms with Gasteiger partial charge in [-0.05, 0) is 49.8 Å². The zero-order valence-corrected chi connectivity index (χ0v) is 20.0. The Morgan fingerprint density at radius 2 is 1.69 bits per heavy atom. The molecule has 1 aliphatic carbocycles. The molecule has 0 radical (unpaired) electrons. The second-order valence-electron chi connectivity index (χ2n) is 5.99. The summed E-state index contributed by atoms with van der Waals surface area (Å²) in [5.74, 6) is -0.213. The molecule has 0 saturated heterocycles. The van der Waals surface area contributed by atoms with Gasteiger partial charge in [0.2, 0.25) is 0 Å². The van der Waals surface area contributed by atoms with Crippen LogP contribution in [0.1, 0.15) is 45.1 Å². The molecule has 1 saturated carbocycles. The molecule has 5 nitrogen and oxygen atoms in total. The summed E-state index contributed by atoms with van der Waals surface area (Å²) in [5, 5.41) is 11.1. The largest absolute Gasteiger partial charge is 1.00 e. The van der Waals surface area contributed by atoms with Crippen LogP contribution in [0.3, 0.4) is 0 Å². The first kappa shape index (κ1) is 27.8. The molecule has 130 valence electrons. The fourth-order valence-corrected chi connectivity index (χ4v) is 2.62. The van der Waals surface area contributed by atoms with Crippen molar-refractivity contribution in [1.82, 2.24) is 0 Å². The molecule has 7 heteroatoms. The molecule has 26 heavy (non-hydrogen) atoms. The maximum absolute atomic E-state index is 11.1. The third-order valence-electron chi connectivity index (χ3n) is 3.62. The number of hydrogen-bond acceptors (Lipinski definition) is 5. The Labute approximate surface area is 199 Å². The van der Waals surface area contributed by atoms with Gasteiger partial charge >= 0.3 is 65.3 Å². The number of carbonyl (C=O) groups is 1. The van der Waals surface area contributed by atoms with Gasteiger partial charge in [0.1, 0.15) is 5.75 Å². The topological polar surface area (TPSA) is 83.5 Å². The molecule has 0 spiro atoms. The predicted octanol–water partition coefficient (Wildman–Crippen LogP) is -3.89. The molecular weight excluding hydrogens is 354 g/mol. The number of benzene rings is 1. The van der Waals surface area contributed by atoms with E-state index in [1.807, 2.05) is 38.1 Å². The Bertz CT molecular complexity index is 584. The molecule has 1 fully saturated rings. The van der Waals surface area contributed by atoms with Crippen molar-refractivity contribution in [2.24, 2.45) is 5.92 Å². The van der Waals surface area contributed by atoms with Crippen molar-refractivity contribution in [2.75, 3.05) is 0 Å². The molecule has 0 amide bonds. The summed E-state index contributed by atoms with van der Waals surface area (Å²) < 4.78 is 5.90. The van der Waals surface area contributed by atoms with Crippen molar-refractivity contribution in [3.8, 4) is 5.75 Å². The van der Waals surface area contributed by atoms with Gasteiger partial charge in [0.15, 0.2) is 0 Å². The van der Waals surface area contributed by atoms with Crippen LogP contribution in [0.2, 0.25) is 0 Å². The first-order chi connectivity index (χ1) is 11.5. The van der Waals surface area contributed by atoms with Crippen LogP contribution in [0.25, 0.3) is 0 Å². The molecule has 0 N–H and O–H groups in total. The maximum atomic E-state index is 11.1. The van der Waals surface area contributed by atoms with E-state index in [1.54, 1.807) is 0 Å². The molecule has 1 aromatic rings. The van der Waals surface area contributed by atoms with Gasteiger partial charge in [0.25, 0.3) is 0 Å². The monoisotopic (exact) mass is 376 g/mol. The van der Waals surface area contributed by atoms with Crippen LogP contribution in [-0.4, -0.2) is 18.2 Å². The van der Waals surface area contributed by atoms with E-state index < -0.39 is 5.97 Å². The first-order valence-corrected chi connectivity index (χ1v) is 8.04. The van der Waals surface area contributed by atoms with E-state index in [9.17, 15) is 9.90 Å². The van der Waals surface area contributed by atoms with E-state index in [1.165, 1.54) is 12.8 Å². The van der Waals surface area contributed by atoms with Gasteiger partial charge in [0, 0.05) is 0 Å². The number of rotatable bonds is 6. The number of hydrogen-bond donors (Lipinski definition) is 0. The second kappa shape index (κ2) is 15.6. The minimum absolute atomic E-state index is 0. The van der Waals surface area contributed by atoms with Crippen molar-refractivity contribution in [3.63, 3.8) is 0 Å². The molecule has 0 unspecified atom stereocenters. The van der Waals surface area contributed by atoms with E-state index in [4.69, 9.17) is 14.3 Å². The third kappa shape index (κ3) is 11.3. The molecular formula is C19H22Na2O5. The zero-order chi connectivity index (χ0) is 17.9. The Kier molecular flexibility index (Phi) is 16.7. The fraction of sp³-hybridized carbons (Fsp3) is 0.474. The van der Waals surface area contributed by atoms with E-state index in [0.717, 1.165) is 24.2 Å². The molecule has 1 aromatic carbocycles.